The Morgan fingerprint density at radius 3 is 2.15 bits per heavy atom. The number of nitrogens with one attached hydrogen (secondary N) is 2. The van der Waals surface area contributed by atoms with Crippen molar-refractivity contribution in [3.05, 3.63) is 65.5 Å². The summed E-state index contributed by atoms with van der Waals surface area (Å²) in [6, 6.07) is 11.4. The number of methoxy groups -OCH3 is 1. The van der Waals surface area contributed by atoms with E-state index in [0.29, 0.717) is 42.8 Å². The maximum atomic E-state index is 13.2. The number of hydrogen-bond donors (Lipinski definition) is 2. The zero-order valence-corrected chi connectivity index (χ0v) is 19.8. The number of hydrogen-bond acceptors (Lipinski definition) is 4. The van der Waals surface area contributed by atoms with Crippen LogP contribution in [0.3, 0.4) is 0 Å². The van der Waals surface area contributed by atoms with Gasteiger partial charge in [0.15, 0.2) is 0 Å². The lowest BCUT2D eigenvalue weighted by atomic mass is 9.88. The molecule has 0 radical (unpaired) electrons. The van der Waals surface area contributed by atoms with Gasteiger partial charge in [0.2, 0.25) is 5.91 Å². The molecule has 1 saturated heterocycles. The standard InChI is InChI=1S/C26H32FN3O4/c1-4-17(2)28-25(32)23(29-24(31)19-7-11-22(34-3)12-8-19)18-13-15-30(16-14-18)26(33)20-5-9-21(27)10-6-20/h5-12,17-18,23H,4,13-16H2,1-3H3,(H,28,32)(H,29,31)/t17-,23-/m0/s1. The van der Waals surface area contributed by atoms with Gasteiger partial charge in [-0.15, -0.1) is 0 Å². The molecule has 1 fully saturated rings. The van der Waals surface area contributed by atoms with Crippen LogP contribution >= 0.6 is 0 Å². The zero-order chi connectivity index (χ0) is 24.7. The number of benzene rings is 2. The average Bonchev–Trinajstić information content (AvgIpc) is 2.87. The van der Waals surface area contributed by atoms with Crippen LogP contribution in [-0.2, 0) is 4.79 Å². The van der Waals surface area contributed by atoms with Gasteiger partial charge >= 0.3 is 0 Å². The summed E-state index contributed by atoms with van der Waals surface area (Å²) >= 11 is 0. The fraction of sp³-hybridized carbons (Fsp3) is 0.423. The quantitative estimate of drug-likeness (QED) is 0.620. The Kier molecular flexibility index (Phi) is 8.62. The van der Waals surface area contributed by atoms with Gasteiger partial charge < -0.3 is 20.3 Å². The lowest BCUT2D eigenvalue weighted by Crippen LogP contribution is -2.55. The highest BCUT2D eigenvalue weighted by atomic mass is 19.1. The van der Waals surface area contributed by atoms with E-state index in [-0.39, 0.29) is 29.7 Å². The fourth-order valence-corrected chi connectivity index (χ4v) is 4.01. The van der Waals surface area contributed by atoms with Crippen LogP contribution in [0.4, 0.5) is 4.39 Å². The van der Waals surface area contributed by atoms with Gasteiger partial charge in [-0.2, -0.15) is 0 Å². The molecule has 2 aromatic rings. The molecule has 1 aliphatic heterocycles. The maximum Gasteiger partial charge on any atom is 0.253 e. The number of nitrogens with zero attached hydrogens (tertiary/aromatic N) is 1. The minimum Gasteiger partial charge on any atom is -0.497 e. The van der Waals surface area contributed by atoms with Crippen molar-refractivity contribution in [2.75, 3.05) is 20.2 Å². The molecule has 0 aromatic heterocycles. The predicted octanol–water partition coefficient (Wildman–Crippen LogP) is 3.40. The second kappa shape index (κ2) is 11.6. The zero-order valence-electron chi connectivity index (χ0n) is 19.8. The van der Waals surface area contributed by atoms with Crippen LogP contribution in [-0.4, -0.2) is 54.9 Å². The maximum absolute atomic E-state index is 13.2. The average molecular weight is 470 g/mol. The normalized spacial score (nSPS) is 15.8. The Labute approximate surface area is 199 Å². The number of piperidine rings is 1. The molecule has 2 aromatic carbocycles. The summed E-state index contributed by atoms with van der Waals surface area (Å²) in [5.74, 6) is -0.597. The van der Waals surface area contributed by atoms with Crippen LogP contribution in [0, 0.1) is 11.7 Å². The third-order valence-corrected chi connectivity index (χ3v) is 6.31. The van der Waals surface area contributed by atoms with Gasteiger partial charge in [-0.05, 0) is 80.6 Å². The van der Waals surface area contributed by atoms with Crippen LogP contribution in [0.15, 0.2) is 48.5 Å². The highest BCUT2D eigenvalue weighted by molar-refractivity contribution is 5.98. The highest BCUT2D eigenvalue weighted by Gasteiger charge is 2.34. The van der Waals surface area contributed by atoms with Crippen molar-refractivity contribution >= 4 is 17.7 Å². The second-order valence-corrected chi connectivity index (χ2v) is 8.63. The van der Waals surface area contributed by atoms with Crippen molar-refractivity contribution in [3.63, 3.8) is 0 Å². The van der Waals surface area contributed by atoms with Gasteiger partial charge in [-0.1, -0.05) is 6.92 Å². The Bertz CT molecular complexity index is 986. The minimum absolute atomic E-state index is 0.0203. The van der Waals surface area contributed by atoms with E-state index in [4.69, 9.17) is 4.74 Å². The summed E-state index contributed by atoms with van der Waals surface area (Å²) in [4.78, 5) is 40.5. The summed E-state index contributed by atoms with van der Waals surface area (Å²) in [7, 11) is 1.55. The molecule has 0 bridgehead atoms. The summed E-state index contributed by atoms with van der Waals surface area (Å²) in [6.07, 6.45) is 1.90. The summed E-state index contributed by atoms with van der Waals surface area (Å²) < 4.78 is 18.3. The predicted molar refractivity (Wildman–Crippen MR) is 127 cm³/mol. The van der Waals surface area contributed by atoms with Crippen molar-refractivity contribution in [1.29, 1.82) is 0 Å². The van der Waals surface area contributed by atoms with Crippen LogP contribution in [0.25, 0.3) is 0 Å². The molecule has 0 unspecified atom stereocenters. The first-order chi connectivity index (χ1) is 16.3. The summed E-state index contributed by atoms with van der Waals surface area (Å²) in [5, 5.41) is 5.89. The number of carbonyl (C=O) groups is 3. The molecule has 2 N–H and O–H groups in total. The highest BCUT2D eigenvalue weighted by Crippen LogP contribution is 2.23. The number of amides is 3. The molecule has 182 valence electrons. The number of halogens is 1. The van der Waals surface area contributed by atoms with E-state index in [1.165, 1.54) is 24.3 Å². The van der Waals surface area contributed by atoms with E-state index in [9.17, 15) is 18.8 Å². The fourth-order valence-electron chi connectivity index (χ4n) is 4.01. The smallest absolute Gasteiger partial charge is 0.253 e. The Morgan fingerprint density at radius 2 is 1.59 bits per heavy atom. The monoisotopic (exact) mass is 469 g/mol. The molecule has 3 rings (SSSR count). The molecule has 0 aliphatic carbocycles. The van der Waals surface area contributed by atoms with Crippen molar-refractivity contribution < 1.29 is 23.5 Å². The Morgan fingerprint density at radius 1 is 1.00 bits per heavy atom. The summed E-state index contributed by atoms with van der Waals surface area (Å²) in [5.41, 5.74) is 0.866. The molecule has 3 amide bonds. The van der Waals surface area contributed by atoms with Gasteiger partial charge in [0.05, 0.1) is 7.11 Å². The van der Waals surface area contributed by atoms with Crippen LogP contribution in [0.2, 0.25) is 0 Å². The number of rotatable bonds is 8. The van der Waals surface area contributed by atoms with Crippen molar-refractivity contribution in [2.45, 2.75) is 45.2 Å². The Hall–Kier alpha value is -3.42. The van der Waals surface area contributed by atoms with Gasteiger partial charge in [0.1, 0.15) is 17.6 Å². The third-order valence-electron chi connectivity index (χ3n) is 6.31. The van der Waals surface area contributed by atoms with Gasteiger partial charge in [0, 0.05) is 30.3 Å². The molecule has 7 nitrogen and oxygen atoms in total. The van der Waals surface area contributed by atoms with Gasteiger partial charge in [0.25, 0.3) is 11.8 Å². The summed E-state index contributed by atoms with van der Waals surface area (Å²) in [6.45, 7) is 4.80. The molecular formula is C26H32FN3O4. The van der Waals surface area contributed by atoms with E-state index in [1.807, 2.05) is 13.8 Å². The van der Waals surface area contributed by atoms with E-state index < -0.39 is 11.9 Å². The largest absolute Gasteiger partial charge is 0.497 e. The SMILES string of the molecule is CC[C@H](C)NC(=O)[C@@H](NC(=O)c1ccc(OC)cc1)C1CCN(C(=O)c2ccc(F)cc2)CC1. The first kappa shape index (κ1) is 25.2. The van der Waals surface area contributed by atoms with Crippen LogP contribution < -0.4 is 15.4 Å². The van der Waals surface area contributed by atoms with Gasteiger partial charge in [-0.3, -0.25) is 14.4 Å². The van der Waals surface area contributed by atoms with E-state index >= 15 is 0 Å². The molecule has 1 aliphatic rings. The third kappa shape index (κ3) is 6.34. The van der Waals surface area contributed by atoms with E-state index in [1.54, 1.807) is 36.3 Å². The molecule has 34 heavy (non-hydrogen) atoms. The molecule has 0 saturated carbocycles. The lowest BCUT2D eigenvalue weighted by Gasteiger charge is -2.36. The molecule has 8 heteroatoms. The van der Waals surface area contributed by atoms with Crippen LogP contribution in [0.1, 0.15) is 53.8 Å². The Balaban J connectivity index is 1.69. The topological polar surface area (TPSA) is 87.7 Å². The number of ether oxygens (including phenoxy) is 1. The number of carbonyl (C=O) groups excluding carboxylic acids is 3. The first-order valence-electron chi connectivity index (χ1n) is 11.6. The molecule has 0 spiro atoms. The number of likely N-dealkylation sites (tertiary alicyclic amines) is 1. The van der Waals surface area contributed by atoms with Crippen molar-refractivity contribution in [2.24, 2.45) is 5.92 Å². The van der Waals surface area contributed by atoms with E-state index in [0.717, 1.165) is 6.42 Å². The van der Waals surface area contributed by atoms with Gasteiger partial charge in [-0.25, -0.2) is 4.39 Å². The van der Waals surface area contributed by atoms with Crippen molar-refractivity contribution in [3.8, 4) is 5.75 Å². The minimum atomic E-state index is -0.716. The first-order valence-corrected chi connectivity index (χ1v) is 11.6. The molecule has 1 heterocycles. The second-order valence-electron chi connectivity index (χ2n) is 8.63. The lowest BCUT2D eigenvalue weighted by molar-refractivity contribution is -0.125. The molecular weight excluding hydrogens is 437 g/mol. The molecule has 2 atom stereocenters. The van der Waals surface area contributed by atoms with E-state index in [2.05, 4.69) is 10.6 Å². The van der Waals surface area contributed by atoms with Crippen LogP contribution in [0.5, 0.6) is 5.75 Å². The van der Waals surface area contributed by atoms with Crippen molar-refractivity contribution in [1.82, 2.24) is 15.5 Å².